The van der Waals surface area contributed by atoms with Gasteiger partial charge in [-0.1, -0.05) is 35.9 Å². The van der Waals surface area contributed by atoms with Crippen molar-refractivity contribution < 1.29 is 0 Å². The predicted molar refractivity (Wildman–Crippen MR) is 68.8 cm³/mol. The number of hydrogen-bond donors (Lipinski definition) is 0. The summed E-state index contributed by atoms with van der Waals surface area (Å²) in [6.07, 6.45) is 3.38. The van der Waals surface area contributed by atoms with Crippen LogP contribution in [0.2, 0.25) is 0 Å². The molecule has 0 aliphatic rings. The van der Waals surface area contributed by atoms with Gasteiger partial charge in [-0.2, -0.15) is 11.8 Å². The fraction of sp³-hybridized carbons (Fsp3) is 0.333. The zero-order valence-corrected chi connectivity index (χ0v) is 9.96. The summed E-state index contributed by atoms with van der Waals surface area (Å²) in [5.74, 6) is 5.50. The largest absolute Gasteiger partial charge is 0.165 e. The Morgan fingerprint density at radius 2 is 1.93 bits per heavy atom. The van der Waals surface area contributed by atoms with E-state index in [4.69, 9.17) is 0 Å². The SMILES string of the molecule is CSCCCSC#Cc1ccccc1. The number of benzene rings is 1. The molecule has 0 saturated carbocycles. The molecule has 0 spiro atoms. The van der Waals surface area contributed by atoms with Gasteiger partial charge in [0.05, 0.1) is 0 Å². The van der Waals surface area contributed by atoms with E-state index >= 15 is 0 Å². The van der Waals surface area contributed by atoms with Crippen LogP contribution in [-0.4, -0.2) is 17.8 Å². The fourth-order valence-corrected chi connectivity index (χ4v) is 2.14. The topological polar surface area (TPSA) is 0 Å². The van der Waals surface area contributed by atoms with Crippen molar-refractivity contribution in [1.82, 2.24) is 0 Å². The summed E-state index contributed by atoms with van der Waals surface area (Å²) in [5, 5.41) is 3.12. The lowest BCUT2D eigenvalue weighted by Crippen LogP contribution is -1.80. The van der Waals surface area contributed by atoms with Gasteiger partial charge in [-0.05, 0) is 35.8 Å². The van der Waals surface area contributed by atoms with E-state index in [1.165, 1.54) is 12.2 Å². The van der Waals surface area contributed by atoms with Gasteiger partial charge in [0.1, 0.15) is 0 Å². The first-order valence-electron chi connectivity index (χ1n) is 4.60. The molecule has 0 bridgehead atoms. The summed E-state index contributed by atoms with van der Waals surface area (Å²) in [6.45, 7) is 0. The summed E-state index contributed by atoms with van der Waals surface area (Å²) in [5.41, 5.74) is 1.10. The average molecular weight is 222 g/mol. The van der Waals surface area contributed by atoms with Crippen molar-refractivity contribution in [2.45, 2.75) is 6.42 Å². The second-order valence-corrected chi connectivity index (χ2v) is 4.67. The normalized spacial score (nSPS) is 9.21. The van der Waals surface area contributed by atoms with E-state index in [1.54, 1.807) is 11.8 Å². The van der Waals surface area contributed by atoms with E-state index in [9.17, 15) is 0 Å². The van der Waals surface area contributed by atoms with Crippen LogP contribution in [0, 0.1) is 11.2 Å². The lowest BCUT2D eigenvalue weighted by Gasteiger charge is -1.91. The van der Waals surface area contributed by atoms with Gasteiger partial charge >= 0.3 is 0 Å². The maximum absolute atomic E-state index is 3.13. The maximum Gasteiger partial charge on any atom is 0.0254 e. The van der Waals surface area contributed by atoms with Gasteiger partial charge in [0, 0.05) is 11.3 Å². The molecule has 1 rings (SSSR count). The maximum atomic E-state index is 3.13. The molecule has 14 heavy (non-hydrogen) atoms. The first-order valence-corrected chi connectivity index (χ1v) is 6.98. The van der Waals surface area contributed by atoms with Crippen LogP contribution in [0.5, 0.6) is 0 Å². The van der Waals surface area contributed by atoms with Gasteiger partial charge in [-0.3, -0.25) is 0 Å². The molecule has 0 fully saturated rings. The van der Waals surface area contributed by atoms with Crippen LogP contribution in [0.15, 0.2) is 30.3 Å². The van der Waals surface area contributed by atoms with Crippen molar-refractivity contribution in [2.24, 2.45) is 0 Å². The minimum absolute atomic E-state index is 1.10. The Morgan fingerprint density at radius 1 is 1.14 bits per heavy atom. The Kier molecular flexibility index (Phi) is 6.47. The number of rotatable bonds is 4. The molecule has 0 atom stereocenters. The van der Waals surface area contributed by atoms with Gasteiger partial charge < -0.3 is 0 Å². The quantitative estimate of drug-likeness (QED) is 0.565. The molecule has 0 amide bonds. The van der Waals surface area contributed by atoms with E-state index in [-0.39, 0.29) is 0 Å². The minimum Gasteiger partial charge on any atom is -0.165 e. The molecule has 0 saturated heterocycles. The van der Waals surface area contributed by atoms with Crippen LogP contribution in [0.1, 0.15) is 12.0 Å². The van der Waals surface area contributed by atoms with E-state index in [2.05, 4.69) is 17.4 Å². The molecule has 0 unspecified atom stereocenters. The first-order chi connectivity index (χ1) is 6.93. The van der Waals surface area contributed by atoms with Crippen molar-refractivity contribution in [2.75, 3.05) is 17.8 Å². The van der Waals surface area contributed by atoms with Crippen molar-refractivity contribution >= 4 is 23.5 Å². The molecule has 0 heterocycles. The van der Waals surface area contributed by atoms with Gasteiger partial charge in [-0.15, -0.1) is 0 Å². The first kappa shape index (κ1) is 11.6. The molecule has 0 aliphatic carbocycles. The number of thioether (sulfide) groups is 2. The standard InChI is InChI=1S/C12H14S2/c1-13-9-5-10-14-11-8-12-6-3-2-4-7-12/h2-4,6-7H,5,9-10H2,1H3. The Hall–Kier alpha value is -0.520. The molecule has 0 nitrogen and oxygen atoms in total. The summed E-state index contributed by atoms with van der Waals surface area (Å²) in [4.78, 5) is 0. The van der Waals surface area contributed by atoms with Gasteiger partial charge in [0.15, 0.2) is 0 Å². The molecule has 2 heteroatoms. The van der Waals surface area contributed by atoms with Crippen molar-refractivity contribution in [3.05, 3.63) is 35.9 Å². The lowest BCUT2D eigenvalue weighted by molar-refractivity contribution is 1.13. The highest BCUT2D eigenvalue weighted by atomic mass is 32.2. The van der Waals surface area contributed by atoms with Crippen molar-refractivity contribution in [1.29, 1.82) is 0 Å². The van der Waals surface area contributed by atoms with Crippen LogP contribution < -0.4 is 0 Å². The average Bonchev–Trinajstić information content (AvgIpc) is 2.25. The molecular formula is C12H14S2. The Balaban J connectivity index is 2.21. The zero-order chi connectivity index (χ0) is 10.1. The lowest BCUT2D eigenvalue weighted by atomic mass is 10.2. The van der Waals surface area contributed by atoms with Crippen molar-refractivity contribution in [3.8, 4) is 11.2 Å². The second kappa shape index (κ2) is 7.84. The highest BCUT2D eigenvalue weighted by Crippen LogP contribution is 2.04. The molecule has 1 aromatic carbocycles. The molecule has 0 radical (unpaired) electrons. The summed E-state index contributed by atoms with van der Waals surface area (Å²) >= 11 is 3.61. The molecule has 1 aromatic rings. The highest BCUT2D eigenvalue weighted by Gasteiger charge is 1.85. The fourth-order valence-electron chi connectivity index (χ4n) is 0.943. The Morgan fingerprint density at radius 3 is 2.64 bits per heavy atom. The number of hydrogen-bond acceptors (Lipinski definition) is 2. The van der Waals surface area contributed by atoms with Gasteiger partial charge in [0.25, 0.3) is 0 Å². The molecule has 0 N–H and O–H groups in total. The molecular weight excluding hydrogens is 208 g/mol. The van der Waals surface area contributed by atoms with E-state index in [1.807, 2.05) is 42.1 Å². The monoisotopic (exact) mass is 222 g/mol. The van der Waals surface area contributed by atoms with Gasteiger partial charge in [-0.25, -0.2) is 0 Å². The van der Waals surface area contributed by atoms with Crippen LogP contribution in [0.25, 0.3) is 0 Å². The third-order valence-corrected chi connectivity index (χ3v) is 3.07. The molecule has 0 aliphatic heterocycles. The van der Waals surface area contributed by atoms with Crippen molar-refractivity contribution in [3.63, 3.8) is 0 Å². The van der Waals surface area contributed by atoms with Gasteiger partial charge in [0.2, 0.25) is 0 Å². The van der Waals surface area contributed by atoms with Crippen LogP contribution in [-0.2, 0) is 0 Å². The Bertz CT molecular complexity index is 295. The Labute approximate surface area is 94.9 Å². The van der Waals surface area contributed by atoms with Crippen LogP contribution in [0.3, 0.4) is 0 Å². The van der Waals surface area contributed by atoms with E-state index in [0.717, 1.165) is 11.3 Å². The summed E-state index contributed by atoms with van der Waals surface area (Å²) in [6, 6.07) is 10.1. The highest BCUT2D eigenvalue weighted by molar-refractivity contribution is 8.04. The zero-order valence-electron chi connectivity index (χ0n) is 8.32. The van der Waals surface area contributed by atoms with E-state index < -0.39 is 0 Å². The summed E-state index contributed by atoms with van der Waals surface area (Å²) < 4.78 is 0. The third-order valence-electron chi connectivity index (χ3n) is 1.64. The smallest absolute Gasteiger partial charge is 0.0254 e. The molecule has 0 aromatic heterocycles. The second-order valence-electron chi connectivity index (χ2n) is 2.79. The molecule has 74 valence electrons. The van der Waals surface area contributed by atoms with Crippen LogP contribution >= 0.6 is 23.5 Å². The predicted octanol–water partition coefficient (Wildman–Crippen LogP) is 3.48. The van der Waals surface area contributed by atoms with E-state index in [0.29, 0.717) is 0 Å². The van der Waals surface area contributed by atoms with Crippen LogP contribution in [0.4, 0.5) is 0 Å². The third kappa shape index (κ3) is 5.26. The summed E-state index contributed by atoms with van der Waals surface area (Å²) in [7, 11) is 0. The minimum atomic E-state index is 1.10.